The topological polar surface area (TPSA) is 107 Å². The molecule has 2 N–H and O–H groups in total. The maximum absolute atomic E-state index is 12.6. The average molecular weight is 315 g/mol. The first-order chi connectivity index (χ1) is 9.73. The Morgan fingerprint density at radius 2 is 2.00 bits per heavy atom. The molecule has 0 radical (unpaired) electrons. The number of nitrogens with two attached hydrogens (primary N) is 1. The smallest absolute Gasteiger partial charge is 0.291 e. The lowest BCUT2D eigenvalue weighted by molar-refractivity contribution is -0.387. The number of sulfonamides is 1. The molecule has 0 amide bonds. The summed E-state index contributed by atoms with van der Waals surface area (Å²) >= 11 is 0. The molecule has 8 heteroatoms. The molecule has 0 spiro atoms. The Kier molecular flexibility index (Phi) is 5.68. The van der Waals surface area contributed by atoms with Gasteiger partial charge < -0.3 is 5.73 Å². The van der Waals surface area contributed by atoms with Gasteiger partial charge in [0.15, 0.2) is 4.90 Å². The lowest BCUT2D eigenvalue weighted by atomic mass is 10.1. The zero-order valence-corrected chi connectivity index (χ0v) is 13.3. The van der Waals surface area contributed by atoms with Gasteiger partial charge in [0.2, 0.25) is 10.0 Å². The van der Waals surface area contributed by atoms with E-state index in [0.29, 0.717) is 6.54 Å². The number of nitro groups is 1. The van der Waals surface area contributed by atoms with Crippen molar-refractivity contribution in [1.82, 2.24) is 4.31 Å². The number of nitro benzene ring substituents is 1. The molecule has 21 heavy (non-hydrogen) atoms. The van der Waals surface area contributed by atoms with Crippen LogP contribution in [-0.4, -0.2) is 30.7 Å². The van der Waals surface area contributed by atoms with Gasteiger partial charge in [-0.3, -0.25) is 10.1 Å². The average Bonchev–Trinajstić information content (AvgIpc) is 2.43. The lowest BCUT2D eigenvalue weighted by Gasteiger charge is -2.23. The molecule has 7 nitrogen and oxygen atoms in total. The van der Waals surface area contributed by atoms with Crippen LogP contribution in [0.15, 0.2) is 23.1 Å². The molecule has 118 valence electrons. The van der Waals surface area contributed by atoms with Crippen molar-refractivity contribution in [3.8, 4) is 0 Å². The second-order valence-corrected chi connectivity index (χ2v) is 6.86. The first kappa shape index (κ1) is 17.4. The predicted molar refractivity (Wildman–Crippen MR) is 81.4 cm³/mol. The van der Waals surface area contributed by atoms with Gasteiger partial charge in [-0.1, -0.05) is 27.2 Å². The van der Waals surface area contributed by atoms with E-state index in [0.717, 1.165) is 12.5 Å². The van der Waals surface area contributed by atoms with Crippen molar-refractivity contribution >= 4 is 21.4 Å². The molecular weight excluding hydrogens is 294 g/mol. The third-order valence-corrected chi connectivity index (χ3v) is 5.35. The maximum Gasteiger partial charge on any atom is 0.291 e. The van der Waals surface area contributed by atoms with E-state index in [9.17, 15) is 18.5 Å². The number of hydrogen-bond donors (Lipinski definition) is 1. The van der Waals surface area contributed by atoms with E-state index in [2.05, 4.69) is 0 Å². The van der Waals surface area contributed by atoms with Gasteiger partial charge in [-0.05, 0) is 18.1 Å². The Bertz CT molecular complexity index is 616. The highest BCUT2D eigenvalue weighted by Crippen LogP contribution is 2.29. The third-order valence-electron chi connectivity index (χ3n) is 3.36. The second kappa shape index (κ2) is 6.86. The molecule has 0 aliphatic rings. The molecule has 0 bridgehead atoms. The van der Waals surface area contributed by atoms with E-state index in [1.54, 1.807) is 6.92 Å². The quantitative estimate of drug-likeness (QED) is 0.472. The molecule has 0 aromatic heterocycles. The van der Waals surface area contributed by atoms with Gasteiger partial charge in [0.25, 0.3) is 5.69 Å². The van der Waals surface area contributed by atoms with Crippen LogP contribution in [0.2, 0.25) is 0 Å². The SMILES string of the molecule is CCC(C)CN(CC)S(=O)(=O)c1ccc(N)cc1[N+](=O)[O-]. The highest BCUT2D eigenvalue weighted by atomic mass is 32.2. The summed E-state index contributed by atoms with van der Waals surface area (Å²) < 4.78 is 26.5. The minimum atomic E-state index is -3.91. The van der Waals surface area contributed by atoms with E-state index in [1.807, 2.05) is 13.8 Å². The van der Waals surface area contributed by atoms with Gasteiger partial charge in [-0.25, -0.2) is 8.42 Å². The van der Waals surface area contributed by atoms with Crippen molar-refractivity contribution in [1.29, 1.82) is 0 Å². The maximum atomic E-state index is 12.6. The van der Waals surface area contributed by atoms with Crippen LogP contribution < -0.4 is 5.73 Å². The fraction of sp³-hybridized carbons (Fsp3) is 0.538. The van der Waals surface area contributed by atoms with Gasteiger partial charge >= 0.3 is 0 Å². The number of anilines is 1. The fourth-order valence-corrected chi connectivity index (χ4v) is 3.61. The summed E-state index contributed by atoms with van der Waals surface area (Å²) in [5, 5.41) is 11.1. The minimum absolute atomic E-state index is 0.158. The van der Waals surface area contributed by atoms with Crippen molar-refractivity contribution < 1.29 is 13.3 Å². The molecule has 0 heterocycles. The Morgan fingerprint density at radius 3 is 2.48 bits per heavy atom. The zero-order valence-electron chi connectivity index (χ0n) is 12.4. The molecule has 1 unspecified atom stereocenters. The fourth-order valence-electron chi connectivity index (χ4n) is 1.91. The third kappa shape index (κ3) is 3.92. The van der Waals surface area contributed by atoms with Crippen LogP contribution >= 0.6 is 0 Å². The Labute approximate surface area is 124 Å². The molecule has 0 fully saturated rings. The van der Waals surface area contributed by atoms with Crippen molar-refractivity contribution in [2.75, 3.05) is 18.8 Å². The predicted octanol–water partition coefficient (Wildman–Crippen LogP) is 2.23. The number of nitrogen functional groups attached to an aromatic ring is 1. The van der Waals surface area contributed by atoms with Crippen molar-refractivity contribution in [2.45, 2.75) is 32.1 Å². The molecule has 0 saturated heterocycles. The van der Waals surface area contributed by atoms with Crippen molar-refractivity contribution in [3.63, 3.8) is 0 Å². The van der Waals surface area contributed by atoms with Crippen LogP contribution in [0.3, 0.4) is 0 Å². The van der Waals surface area contributed by atoms with Gasteiger partial charge in [0.1, 0.15) is 0 Å². The number of hydrogen-bond acceptors (Lipinski definition) is 5. The summed E-state index contributed by atoms with van der Waals surface area (Å²) in [5.41, 5.74) is 5.18. The molecule has 1 atom stereocenters. The Hall–Kier alpha value is -1.67. The zero-order chi connectivity index (χ0) is 16.2. The van der Waals surface area contributed by atoms with Crippen LogP contribution in [0, 0.1) is 16.0 Å². The summed E-state index contributed by atoms with van der Waals surface area (Å²) in [5.74, 6) is 0.174. The van der Waals surface area contributed by atoms with Crippen LogP contribution in [0.4, 0.5) is 11.4 Å². The highest BCUT2D eigenvalue weighted by molar-refractivity contribution is 7.89. The molecule has 0 saturated carbocycles. The first-order valence-corrected chi connectivity index (χ1v) is 8.22. The number of rotatable bonds is 7. The van der Waals surface area contributed by atoms with Gasteiger partial charge in [-0.2, -0.15) is 4.31 Å². The summed E-state index contributed by atoms with van der Waals surface area (Å²) in [6.07, 6.45) is 0.829. The molecule has 0 aliphatic carbocycles. The number of benzene rings is 1. The summed E-state index contributed by atoms with van der Waals surface area (Å²) in [4.78, 5) is 10.0. The molecule has 1 rings (SSSR count). The summed E-state index contributed by atoms with van der Waals surface area (Å²) in [7, 11) is -3.91. The van der Waals surface area contributed by atoms with Gasteiger partial charge in [-0.15, -0.1) is 0 Å². The Balaban J connectivity index is 3.32. The summed E-state index contributed by atoms with van der Waals surface area (Å²) in [6, 6.07) is 3.63. The molecule has 1 aromatic rings. The minimum Gasteiger partial charge on any atom is -0.399 e. The van der Waals surface area contributed by atoms with E-state index in [1.165, 1.54) is 16.4 Å². The lowest BCUT2D eigenvalue weighted by Crippen LogP contribution is -2.34. The van der Waals surface area contributed by atoms with Crippen molar-refractivity contribution in [2.24, 2.45) is 5.92 Å². The van der Waals surface area contributed by atoms with Crippen molar-refractivity contribution in [3.05, 3.63) is 28.3 Å². The highest BCUT2D eigenvalue weighted by Gasteiger charge is 2.31. The Morgan fingerprint density at radius 1 is 1.38 bits per heavy atom. The van der Waals surface area contributed by atoms with E-state index < -0.39 is 20.6 Å². The molecular formula is C13H21N3O4S. The van der Waals surface area contributed by atoms with Crippen LogP contribution in [0.25, 0.3) is 0 Å². The van der Waals surface area contributed by atoms with Crippen LogP contribution in [0.5, 0.6) is 0 Å². The second-order valence-electron chi connectivity index (χ2n) is 4.95. The van der Waals surface area contributed by atoms with Crippen LogP contribution in [-0.2, 0) is 10.0 Å². The molecule has 1 aromatic carbocycles. The van der Waals surface area contributed by atoms with Crippen LogP contribution in [0.1, 0.15) is 27.2 Å². The first-order valence-electron chi connectivity index (χ1n) is 6.78. The standard InChI is InChI=1S/C13H21N3O4S/c1-4-10(3)9-15(5-2)21(19,20)13-7-6-11(14)8-12(13)16(17)18/h6-8,10H,4-5,9,14H2,1-3H3. The largest absolute Gasteiger partial charge is 0.399 e. The van der Waals surface area contributed by atoms with Gasteiger partial charge in [0.05, 0.1) is 4.92 Å². The van der Waals surface area contributed by atoms with Gasteiger partial charge in [0, 0.05) is 24.8 Å². The van der Waals surface area contributed by atoms with E-state index in [4.69, 9.17) is 5.73 Å². The molecule has 0 aliphatic heterocycles. The van der Waals surface area contributed by atoms with E-state index in [-0.39, 0.29) is 23.0 Å². The summed E-state index contributed by atoms with van der Waals surface area (Å²) in [6.45, 7) is 6.21. The monoisotopic (exact) mass is 315 g/mol. The normalized spacial score (nSPS) is 13.3. The van der Waals surface area contributed by atoms with E-state index >= 15 is 0 Å². The number of nitrogens with zero attached hydrogens (tertiary/aromatic N) is 2.